The standard InChI is InChI=1S/C23H23ClN4O4S2/c24-17-5-4-6-18(13-17)28-22(20-14-33(30)15-21(20)26-28)25-23(29)16-7-9-19(10-8-16)34(31,32)27-11-2-1-3-12-27/h4-10,13H,1-3,11-12,14-15H2,(H,25,29)/t33-/m0/s1. The molecule has 0 saturated carbocycles. The number of hydrogen-bond acceptors (Lipinski definition) is 5. The summed E-state index contributed by atoms with van der Waals surface area (Å²) in [4.78, 5) is 13.3. The number of nitrogens with zero attached hydrogens (tertiary/aromatic N) is 3. The molecule has 0 radical (unpaired) electrons. The van der Waals surface area contributed by atoms with Crippen molar-refractivity contribution in [1.29, 1.82) is 0 Å². The minimum absolute atomic E-state index is 0.172. The zero-order valence-corrected chi connectivity index (χ0v) is 20.6. The van der Waals surface area contributed by atoms with Gasteiger partial charge in [-0.25, -0.2) is 13.1 Å². The van der Waals surface area contributed by atoms with Gasteiger partial charge in [0.25, 0.3) is 5.91 Å². The van der Waals surface area contributed by atoms with Crippen LogP contribution in [0, 0.1) is 0 Å². The molecule has 0 unspecified atom stereocenters. The number of hydrogen-bond donors (Lipinski definition) is 1. The predicted octanol–water partition coefficient (Wildman–Crippen LogP) is 3.71. The minimum atomic E-state index is -3.57. The van der Waals surface area contributed by atoms with Crippen LogP contribution in [0.4, 0.5) is 5.82 Å². The number of fused-ring (bicyclic) bond motifs is 1. The van der Waals surface area contributed by atoms with Crippen LogP contribution in [0.2, 0.25) is 5.02 Å². The van der Waals surface area contributed by atoms with E-state index in [4.69, 9.17) is 11.6 Å². The molecule has 3 aromatic rings. The van der Waals surface area contributed by atoms with E-state index in [1.165, 1.54) is 28.6 Å². The Morgan fingerprint density at radius 1 is 1.03 bits per heavy atom. The summed E-state index contributed by atoms with van der Waals surface area (Å²) in [5.74, 6) is 0.664. The van der Waals surface area contributed by atoms with Crippen LogP contribution in [-0.2, 0) is 32.3 Å². The van der Waals surface area contributed by atoms with E-state index in [2.05, 4.69) is 10.4 Å². The third-order valence-corrected chi connectivity index (χ3v) is 9.38. The maximum atomic E-state index is 13.1. The van der Waals surface area contributed by atoms with Crippen LogP contribution >= 0.6 is 11.6 Å². The lowest BCUT2D eigenvalue weighted by molar-refractivity contribution is 0.102. The van der Waals surface area contributed by atoms with Gasteiger partial charge in [-0.1, -0.05) is 24.1 Å². The van der Waals surface area contributed by atoms with E-state index in [0.29, 0.717) is 52.4 Å². The number of amides is 1. The molecule has 178 valence electrons. The molecule has 2 aromatic carbocycles. The fraction of sp³-hybridized carbons (Fsp3) is 0.304. The van der Waals surface area contributed by atoms with E-state index in [1.807, 2.05) is 6.07 Å². The first-order chi connectivity index (χ1) is 16.3. The molecule has 1 atom stereocenters. The van der Waals surface area contributed by atoms with Crippen molar-refractivity contribution in [3.05, 3.63) is 70.4 Å². The molecule has 1 aromatic heterocycles. The number of aromatic nitrogens is 2. The smallest absolute Gasteiger partial charge is 0.256 e. The average Bonchev–Trinajstić information content (AvgIpc) is 3.36. The van der Waals surface area contributed by atoms with Gasteiger partial charge in [0.05, 0.1) is 27.8 Å². The van der Waals surface area contributed by atoms with Crippen LogP contribution in [-0.4, -0.2) is 45.7 Å². The first-order valence-electron chi connectivity index (χ1n) is 11.0. The van der Waals surface area contributed by atoms with Crippen molar-refractivity contribution in [2.75, 3.05) is 18.4 Å². The summed E-state index contributed by atoms with van der Waals surface area (Å²) in [6, 6.07) is 13.0. The monoisotopic (exact) mass is 518 g/mol. The molecule has 3 heterocycles. The maximum absolute atomic E-state index is 13.1. The second kappa shape index (κ2) is 9.26. The third-order valence-electron chi connectivity index (χ3n) is 6.02. The largest absolute Gasteiger partial charge is 0.306 e. The molecule has 11 heteroatoms. The lowest BCUT2D eigenvalue weighted by atomic mass is 10.2. The van der Waals surface area contributed by atoms with Crippen molar-refractivity contribution in [1.82, 2.24) is 14.1 Å². The topological polar surface area (TPSA) is 101 Å². The van der Waals surface area contributed by atoms with Gasteiger partial charge in [0.1, 0.15) is 5.82 Å². The Bertz CT molecular complexity index is 1380. The molecule has 5 rings (SSSR count). The number of rotatable bonds is 5. The summed E-state index contributed by atoms with van der Waals surface area (Å²) in [5, 5.41) is 7.98. The van der Waals surface area contributed by atoms with Crippen LogP contribution in [0.25, 0.3) is 5.69 Å². The Labute approximate surface area is 205 Å². The minimum Gasteiger partial charge on any atom is -0.306 e. The molecule has 1 N–H and O–H groups in total. The summed E-state index contributed by atoms with van der Waals surface area (Å²) >= 11 is 6.14. The van der Waals surface area contributed by atoms with Crippen LogP contribution in [0.3, 0.4) is 0 Å². The van der Waals surface area contributed by atoms with Crippen molar-refractivity contribution < 1.29 is 17.4 Å². The van der Waals surface area contributed by atoms with Gasteiger partial charge in [0, 0.05) is 40.0 Å². The molecule has 0 bridgehead atoms. The predicted molar refractivity (Wildman–Crippen MR) is 131 cm³/mol. The van der Waals surface area contributed by atoms with E-state index < -0.39 is 26.7 Å². The van der Waals surface area contributed by atoms with Crippen molar-refractivity contribution in [2.45, 2.75) is 35.7 Å². The van der Waals surface area contributed by atoms with E-state index in [1.54, 1.807) is 22.9 Å². The number of nitrogens with one attached hydrogen (secondary N) is 1. The lowest BCUT2D eigenvalue weighted by Gasteiger charge is -2.25. The van der Waals surface area contributed by atoms with Crippen LogP contribution in [0.15, 0.2) is 53.4 Å². The van der Waals surface area contributed by atoms with Crippen molar-refractivity contribution in [3.8, 4) is 5.69 Å². The number of carbonyl (C=O) groups excluding carboxylic acids is 1. The van der Waals surface area contributed by atoms with Gasteiger partial charge in [0.2, 0.25) is 10.0 Å². The lowest BCUT2D eigenvalue weighted by Crippen LogP contribution is -2.35. The molecule has 2 aliphatic heterocycles. The summed E-state index contributed by atoms with van der Waals surface area (Å²) in [7, 11) is -4.64. The highest BCUT2D eigenvalue weighted by Crippen LogP contribution is 2.32. The second-order valence-corrected chi connectivity index (χ2v) is 12.2. The number of carbonyl (C=O) groups is 1. The van der Waals surface area contributed by atoms with Crippen molar-refractivity contribution in [2.24, 2.45) is 0 Å². The number of halogens is 1. The zero-order valence-electron chi connectivity index (χ0n) is 18.2. The van der Waals surface area contributed by atoms with Crippen LogP contribution in [0.1, 0.15) is 40.9 Å². The maximum Gasteiger partial charge on any atom is 0.256 e. The number of anilines is 1. The Kier molecular flexibility index (Phi) is 6.32. The first kappa shape index (κ1) is 23.2. The number of benzene rings is 2. The van der Waals surface area contributed by atoms with Crippen LogP contribution < -0.4 is 5.32 Å². The molecule has 1 amide bonds. The Morgan fingerprint density at radius 2 is 1.76 bits per heavy atom. The molecule has 1 saturated heterocycles. The van der Waals surface area contributed by atoms with Gasteiger partial charge in [-0.2, -0.15) is 9.40 Å². The Hall–Kier alpha value is -2.53. The number of piperidine rings is 1. The van der Waals surface area contributed by atoms with Gasteiger partial charge < -0.3 is 5.32 Å². The van der Waals surface area contributed by atoms with Gasteiger partial charge in [0.15, 0.2) is 0 Å². The van der Waals surface area contributed by atoms with E-state index in [0.717, 1.165) is 24.8 Å². The highest BCUT2D eigenvalue weighted by molar-refractivity contribution is 7.89. The summed E-state index contributed by atoms with van der Waals surface area (Å²) in [5.41, 5.74) is 2.39. The van der Waals surface area contributed by atoms with E-state index >= 15 is 0 Å². The molecule has 1 fully saturated rings. The summed E-state index contributed by atoms with van der Waals surface area (Å²) < 4.78 is 41.0. The zero-order chi connectivity index (χ0) is 23.9. The van der Waals surface area contributed by atoms with Crippen LogP contribution in [0.5, 0.6) is 0 Å². The highest BCUT2D eigenvalue weighted by Gasteiger charge is 2.29. The molecular weight excluding hydrogens is 496 g/mol. The Morgan fingerprint density at radius 3 is 2.47 bits per heavy atom. The third kappa shape index (κ3) is 4.43. The molecular formula is C23H23ClN4O4S2. The number of sulfonamides is 1. The van der Waals surface area contributed by atoms with E-state index in [-0.39, 0.29) is 4.90 Å². The summed E-state index contributed by atoms with van der Waals surface area (Å²) in [6.07, 6.45) is 2.75. The molecule has 34 heavy (non-hydrogen) atoms. The van der Waals surface area contributed by atoms with Gasteiger partial charge in [-0.15, -0.1) is 0 Å². The van der Waals surface area contributed by atoms with Crippen molar-refractivity contribution >= 4 is 44.1 Å². The fourth-order valence-electron chi connectivity index (χ4n) is 4.26. The fourth-order valence-corrected chi connectivity index (χ4v) is 7.23. The molecule has 0 spiro atoms. The highest BCUT2D eigenvalue weighted by atomic mass is 35.5. The van der Waals surface area contributed by atoms with Gasteiger partial charge >= 0.3 is 0 Å². The van der Waals surface area contributed by atoms with Crippen molar-refractivity contribution in [3.63, 3.8) is 0 Å². The average molecular weight is 519 g/mol. The van der Waals surface area contributed by atoms with E-state index in [9.17, 15) is 17.4 Å². The van der Waals surface area contributed by atoms with Gasteiger partial charge in [-0.05, 0) is 55.3 Å². The molecule has 0 aliphatic carbocycles. The van der Waals surface area contributed by atoms with Gasteiger partial charge in [-0.3, -0.25) is 9.00 Å². The normalized spacial score (nSPS) is 18.6. The molecule has 8 nitrogen and oxygen atoms in total. The first-order valence-corrected chi connectivity index (χ1v) is 14.3. The molecule has 2 aliphatic rings. The summed E-state index contributed by atoms with van der Waals surface area (Å²) in [6.45, 7) is 1.04. The SMILES string of the molecule is O=C(Nc1c2c(nn1-c1cccc(Cl)c1)C[S@@](=O)C2)c1ccc(S(=O)(=O)N2CCCCC2)cc1. The Balaban J connectivity index is 1.42. The second-order valence-electron chi connectivity index (χ2n) is 8.34. The quantitative estimate of drug-likeness (QED) is 0.554.